The van der Waals surface area contributed by atoms with Gasteiger partial charge in [-0.2, -0.15) is 0 Å². The Labute approximate surface area is 230 Å². The summed E-state index contributed by atoms with van der Waals surface area (Å²) in [6, 6.07) is 3.72. The first-order chi connectivity index (χ1) is 18.1. The van der Waals surface area contributed by atoms with Crippen molar-refractivity contribution in [1.82, 2.24) is 5.32 Å². The summed E-state index contributed by atoms with van der Waals surface area (Å²) in [5, 5.41) is 3.00. The van der Waals surface area contributed by atoms with E-state index in [1.807, 2.05) is 48.5 Å². The number of benzene rings is 1. The van der Waals surface area contributed by atoms with E-state index in [-0.39, 0.29) is 61.1 Å². The fourth-order valence-electron chi connectivity index (χ4n) is 2.92. The minimum absolute atomic E-state index is 0.0595. The van der Waals surface area contributed by atoms with Gasteiger partial charge in [0.15, 0.2) is 11.5 Å². The molecule has 0 heterocycles. The summed E-state index contributed by atoms with van der Waals surface area (Å²) in [5.41, 5.74) is -0.000322. The molecule has 0 bridgehead atoms. The van der Waals surface area contributed by atoms with E-state index in [2.05, 4.69) is 5.32 Å². The van der Waals surface area contributed by atoms with Gasteiger partial charge in [0.25, 0.3) is 0 Å². The van der Waals surface area contributed by atoms with Gasteiger partial charge in [0.2, 0.25) is 0 Å². The molecule has 0 fully saturated rings. The number of carbonyl (C=O) groups excluding carboxylic acids is 4. The van der Waals surface area contributed by atoms with E-state index in [0.717, 1.165) is 0 Å². The van der Waals surface area contributed by atoms with Crippen LogP contribution in [0.2, 0.25) is 0 Å². The van der Waals surface area contributed by atoms with Crippen LogP contribution < -0.4 is 14.8 Å². The van der Waals surface area contributed by atoms with Crippen LogP contribution in [-0.2, 0) is 35.0 Å². The van der Waals surface area contributed by atoms with Gasteiger partial charge in [-0.3, -0.25) is 9.59 Å². The third-order valence-corrected chi connectivity index (χ3v) is 4.78. The first-order valence-electron chi connectivity index (χ1n) is 12.9. The maximum atomic E-state index is 12.4. The van der Waals surface area contributed by atoms with E-state index in [1.54, 1.807) is 6.07 Å². The van der Waals surface area contributed by atoms with Crippen LogP contribution in [-0.4, -0.2) is 63.8 Å². The SMILES string of the molecule is CCCC(=O)OCCN[C@@H](Cc1ccc(OC(=O)OCC(C)(C)C)c(OC(=O)OCC(C)(C)C)c1)C(=O)OC. The molecule has 1 N–H and O–H groups in total. The third-order valence-electron chi connectivity index (χ3n) is 4.78. The lowest BCUT2D eigenvalue weighted by Gasteiger charge is -2.20. The molecule has 1 rings (SSSR count). The fraction of sp³-hybridized carbons (Fsp3) is 0.643. The van der Waals surface area contributed by atoms with Crippen LogP contribution in [0.25, 0.3) is 0 Å². The molecule has 0 saturated heterocycles. The zero-order valence-corrected chi connectivity index (χ0v) is 24.3. The second kappa shape index (κ2) is 15.9. The predicted octanol–water partition coefficient (Wildman–Crippen LogP) is 4.83. The van der Waals surface area contributed by atoms with Crippen LogP contribution >= 0.6 is 0 Å². The molecule has 0 saturated carbocycles. The Balaban J connectivity index is 3.05. The van der Waals surface area contributed by atoms with E-state index < -0.39 is 24.3 Å². The molecule has 0 aliphatic heterocycles. The molecule has 0 amide bonds. The smallest absolute Gasteiger partial charge is 0.468 e. The lowest BCUT2D eigenvalue weighted by molar-refractivity contribution is -0.144. The number of ether oxygens (including phenoxy) is 6. The van der Waals surface area contributed by atoms with E-state index >= 15 is 0 Å². The molecule has 0 aliphatic rings. The molecular formula is C28H43NO10. The number of hydrogen-bond donors (Lipinski definition) is 1. The Morgan fingerprint density at radius 1 is 0.846 bits per heavy atom. The van der Waals surface area contributed by atoms with Crippen LogP contribution in [0.4, 0.5) is 9.59 Å². The summed E-state index contributed by atoms with van der Waals surface area (Å²) in [5.74, 6) is -0.995. The molecule has 11 heteroatoms. The first kappa shape index (κ1) is 33.7. The van der Waals surface area contributed by atoms with Crippen molar-refractivity contribution in [2.45, 2.75) is 73.8 Å². The third kappa shape index (κ3) is 15.0. The highest BCUT2D eigenvalue weighted by Crippen LogP contribution is 2.30. The van der Waals surface area contributed by atoms with Crippen LogP contribution in [0, 0.1) is 10.8 Å². The molecule has 1 atom stereocenters. The maximum absolute atomic E-state index is 12.4. The van der Waals surface area contributed by atoms with Crippen LogP contribution in [0.1, 0.15) is 66.9 Å². The van der Waals surface area contributed by atoms with Crippen molar-refractivity contribution >= 4 is 24.2 Å². The summed E-state index contributed by atoms with van der Waals surface area (Å²) in [4.78, 5) is 48.6. The van der Waals surface area contributed by atoms with Crippen molar-refractivity contribution in [3.05, 3.63) is 23.8 Å². The van der Waals surface area contributed by atoms with Crippen molar-refractivity contribution < 1.29 is 47.6 Å². The average Bonchev–Trinajstić information content (AvgIpc) is 2.83. The van der Waals surface area contributed by atoms with Gasteiger partial charge in [-0.15, -0.1) is 0 Å². The summed E-state index contributed by atoms with van der Waals surface area (Å²) in [6.07, 6.45) is -0.805. The topological polar surface area (TPSA) is 136 Å². The highest BCUT2D eigenvalue weighted by molar-refractivity contribution is 5.76. The minimum atomic E-state index is -0.980. The first-order valence-corrected chi connectivity index (χ1v) is 12.9. The highest BCUT2D eigenvalue weighted by Gasteiger charge is 2.23. The zero-order valence-electron chi connectivity index (χ0n) is 24.3. The standard InChI is InChI=1S/C28H43NO10/c1-9-10-23(30)35-14-13-29-20(24(31)34-8)15-19-11-12-21(38-25(32)36-17-27(2,3)4)22(16-19)39-26(33)37-18-28(5,6)7/h11-12,16,20,29H,9-10,13-15,17-18H2,1-8H3/t20-/m0/s1. The van der Waals surface area contributed by atoms with Crippen molar-refractivity contribution in [1.29, 1.82) is 0 Å². The molecule has 220 valence electrons. The van der Waals surface area contributed by atoms with E-state index in [0.29, 0.717) is 18.4 Å². The highest BCUT2D eigenvalue weighted by atomic mass is 16.7. The Bertz CT molecular complexity index is 962. The van der Waals surface area contributed by atoms with Crippen molar-refractivity contribution in [3.8, 4) is 11.5 Å². The molecule has 1 aromatic carbocycles. The number of nitrogens with one attached hydrogen (secondary N) is 1. The zero-order chi connectivity index (χ0) is 29.6. The maximum Gasteiger partial charge on any atom is 0.513 e. The summed E-state index contributed by atoms with van der Waals surface area (Å²) in [7, 11) is 1.26. The van der Waals surface area contributed by atoms with Crippen LogP contribution in [0.5, 0.6) is 11.5 Å². The van der Waals surface area contributed by atoms with Gasteiger partial charge >= 0.3 is 24.2 Å². The van der Waals surface area contributed by atoms with Crippen LogP contribution in [0.3, 0.4) is 0 Å². The van der Waals surface area contributed by atoms with Crippen molar-refractivity contribution in [2.75, 3.05) is 33.5 Å². The summed E-state index contributed by atoms with van der Waals surface area (Å²) in [6.45, 7) is 13.8. The van der Waals surface area contributed by atoms with Gasteiger partial charge in [0.05, 0.1) is 20.3 Å². The molecule has 11 nitrogen and oxygen atoms in total. The largest absolute Gasteiger partial charge is 0.513 e. The van der Waals surface area contributed by atoms with Crippen molar-refractivity contribution in [2.24, 2.45) is 10.8 Å². The lowest BCUT2D eigenvalue weighted by atomic mass is 9.99. The number of hydrogen-bond acceptors (Lipinski definition) is 11. The van der Waals surface area contributed by atoms with Crippen molar-refractivity contribution in [3.63, 3.8) is 0 Å². The average molecular weight is 554 g/mol. The molecule has 0 aromatic heterocycles. The molecule has 39 heavy (non-hydrogen) atoms. The number of methoxy groups -OCH3 is 1. The van der Waals surface area contributed by atoms with E-state index in [4.69, 9.17) is 28.4 Å². The lowest BCUT2D eigenvalue weighted by Crippen LogP contribution is -2.41. The fourth-order valence-corrected chi connectivity index (χ4v) is 2.92. The molecule has 0 unspecified atom stereocenters. The Kier molecular flexibility index (Phi) is 13.8. The van der Waals surface area contributed by atoms with Gasteiger partial charge in [-0.1, -0.05) is 54.5 Å². The van der Waals surface area contributed by atoms with Gasteiger partial charge in [0, 0.05) is 13.0 Å². The number of rotatable bonds is 13. The molecule has 1 aromatic rings. The second-order valence-electron chi connectivity index (χ2n) is 11.4. The normalized spacial score (nSPS) is 12.2. The Morgan fingerprint density at radius 2 is 1.41 bits per heavy atom. The summed E-state index contributed by atoms with van der Waals surface area (Å²) >= 11 is 0. The monoisotopic (exact) mass is 553 g/mol. The number of esters is 2. The van der Waals surface area contributed by atoms with Gasteiger partial charge in [-0.25, -0.2) is 9.59 Å². The Hall–Kier alpha value is -3.34. The van der Waals surface area contributed by atoms with Gasteiger partial charge in [0.1, 0.15) is 12.6 Å². The van der Waals surface area contributed by atoms with E-state index in [1.165, 1.54) is 19.2 Å². The number of carbonyl (C=O) groups is 4. The predicted molar refractivity (Wildman–Crippen MR) is 143 cm³/mol. The summed E-state index contributed by atoms with van der Waals surface area (Å²) < 4.78 is 31.0. The molecule has 0 spiro atoms. The van der Waals surface area contributed by atoms with Gasteiger partial charge in [-0.05, 0) is 41.4 Å². The van der Waals surface area contributed by atoms with E-state index in [9.17, 15) is 19.2 Å². The van der Waals surface area contributed by atoms with Crippen LogP contribution in [0.15, 0.2) is 18.2 Å². The molecular weight excluding hydrogens is 510 g/mol. The molecule has 0 radical (unpaired) electrons. The minimum Gasteiger partial charge on any atom is -0.468 e. The second-order valence-corrected chi connectivity index (χ2v) is 11.4. The molecule has 0 aliphatic carbocycles. The Morgan fingerprint density at radius 3 is 1.92 bits per heavy atom. The van der Waals surface area contributed by atoms with Gasteiger partial charge < -0.3 is 33.7 Å². The quantitative estimate of drug-likeness (QED) is 0.156.